The minimum atomic E-state index is -4.48. The molecule has 86 valence electrons. The second kappa shape index (κ2) is 5.54. The molecule has 0 fully saturated rings. The molecule has 0 heterocycles. The summed E-state index contributed by atoms with van der Waals surface area (Å²) in [7, 11) is -0.481. The summed E-state index contributed by atoms with van der Waals surface area (Å²) in [5.74, 6) is 0. The predicted octanol–water partition coefficient (Wildman–Crippen LogP) is -1.44. The van der Waals surface area contributed by atoms with Gasteiger partial charge in [0.05, 0.1) is 24.7 Å². The summed E-state index contributed by atoms with van der Waals surface area (Å²) in [6, 6.07) is 3.62. The molecular formula is C8H15N3O3S. The Hall–Kier alpha value is -1.31. The molecular weight excluding hydrogens is 218 g/mol. The van der Waals surface area contributed by atoms with Crippen LogP contribution < -0.4 is 16.8 Å². The first-order valence-electron chi connectivity index (χ1n) is 4.17. The van der Waals surface area contributed by atoms with Gasteiger partial charge in [-0.1, -0.05) is 0 Å². The van der Waals surface area contributed by atoms with Crippen LogP contribution in [-0.2, 0) is 10.1 Å². The molecule has 0 aliphatic rings. The third-order valence-corrected chi connectivity index (χ3v) is 2.21. The zero-order valence-electron chi connectivity index (χ0n) is 8.60. The second-order valence-corrected chi connectivity index (χ2v) is 4.18. The van der Waals surface area contributed by atoms with E-state index in [1.165, 1.54) is 12.1 Å². The minimum Gasteiger partial charge on any atom is -0.744 e. The van der Waals surface area contributed by atoms with Gasteiger partial charge in [-0.25, -0.2) is 8.42 Å². The molecule has 0 atom stereocenters. The normalized spacial score (nSPS) is 10.3. The highest BCUT2D eigenvalue weighted by Gasteiger charge is 2.05. The van der Waals surface area contributed by atoms with Crippen LogP contribution in [0.2, 0.25) is 0 Å². The van der Waals surface area contributed by atoms with Crippen LogP contribution in [0.5, 0.6) is 0 Å². The van der Waals surface area contributed by atoms with Crippen molar-refractivity contribution in [1.82, 2.24) is 0 Å². The number of nitrogen functional groups attached to an aromatic ring is 2. The van der Waals surface area contributed by atoms with E-state index in [0.717, 1.165) is 6.07 Å². The van der Waals surface area contributed by atoms with Gasteiger partial charge in [-0.15, -0.1) is 0 Å². The fourth-order valence-electron chi connectivity index (χ4n) is 0.795. The zero-order chi connectivity index (χ0) is 12.1. The van der Waals surface area contributed by atoms with E-state index in [1.807, 2.05) is 19.4 Å². The lowest BCUT2D eigenvalue weighted by Crippen LogP contribution is -2.74. The van der Waals surface area contributed by atoms with Crippen molar-refractivity contribution in [1.29, 1.82) is 0 Å². The van der Waals surface area contributed by atoms with Crippen LogP contribution in [0.1, 0.15) is 0 Å². The lowest BCUT2D eigenvalue weighted by atomic mass is 10.3. The Balaban J connectivity index is 0.000000583. The van der Waals surface area contributed by atoms with E-state index in [0.29, 0.717) is 5.69 Å². The van der Waals surface area contributed by atoms with E-state index in [2.05, 4.69) is 0 Å². The molecule has 0 amide bonds. The highest BCUT2D eigenvalue weighted by molar-refractivity contribution is 7.86. The molecule has 0 saturated carbocycles. The number of benzene rings is 1. The number of rotatable bonds is 1. The summed E-state index contributed by atoms with van der Waals surface area (Å²) in [5, 5.41) is 2.00. The highest BCUT2D eigenvalue weighted by Crippen LogP contribution is 2.19. The molecule has 1 rings (SSSR count). The van der Waals surface area contributed by atoms with Crippen LogP contribution in [0.3, 0.4) is 0 Å². The Bertz CT molecular complexity index is 417. The number of quaternary nitrogens is 1. The average Bonchev–Trinajstić information content (AvgIpc) is 2.02. The van der Waals surface area contributed by atoms with Crippen molar-refractivity contribution in [3.63, 3.8) is 0 Å². The Morgan fingerprint density at radius 3 is 2.07 bits per heavy atom. The molecule has 0 bridgehead atoms. The number of nitrogens with two attached hydrogens (primary N) is 3. The van der Waals surface area contributed by atoms with Crippen LogP contribution in [0, 0.1) is 0 Å². The Kier molecular flexibility index (Phi) is 5.06. The van der Waals surface area contributed by atoms with E-state index >= 15 is 0 Å². The molecule has 0 aliphatic heterocycles. The first-order chi connectivity index (χ1) is 6.82. The molecule has 0 aromatic heterocycles. The van der Waals surface area contributed by atoms with E-state index in [-0.39, 0.29) is 5.69 Å². The first-order valence-corrected chi connectivity index (χ1v) is 5.58. The van der Waals surface area contributed by atoms with Gasteiger partial charge in [0, 0.05) is 5.69 Å². The Morgan fingerprint density at radius 1 is 1.27 bits per heavy atom. The molecule has 6 N–H and O–H groups in total. The lowest BCUT2D eigenvalue weighted by molar-refractivity contribution is -0.597. The van der Waals surface area contributed by atoms with Gasteiger partial charge in [-0.05, 0) is 18.2 Å². The molecule has 1 aromatic rings. The number of hydrogen-bond donors (Lipinski definition) is 3. The van der Waals surface area contributed by atoms with Gasteiger partial charge in [-0.3, -0.25) is 0 Å². The summed E-state index contributed by atoms with van der Waals surface area (Å²) in [4.78, 5) is -0.434. The van der Waals surface area contributed by atoms with Gasteiger partial charge >= 0.3 is 0 Å². The standard InChI is InChI=1S/C6H8N2O3S.C2H7N/c7-4-1-2-6(5(8)3-4)12(9,10)11;1-3-2/h1-3H,7-8H2,(H,9,10,11);3H,1-2H3. The van der Waals surface area contributed by atoms with E-state index < -0.39 is 15.0 Å². The first kappa shape index (κ1) is 13.7. The van der Waals surface area contributed by atoms with Crippen LogP contribution in [0.15, 0.2) is 23.1 Å². The monoisotopic (exact) mass is 233 g/mol. The largest absolute Gasteiger partial charge is 0.744 e. The molecule has 7 heteroatoms. The maximum absolute atomic E-state index is 10.5. The molecule has 6 nitrogen and oxygen atoms in total. The van der Waals surface area contributed by atoms with Crippen molar-refractivity contribution in [3.8, 4) is 0 Å². The topological polar surface area (TPSA) is 126 Å². The second-order valence-electron chi connectivity index (χ2n) is 2.83. The van der Waals surface area contributed by atoms with Crippen molar-refractivity contribution in [2.45, 2.75) is 4.90 Å². The molecule has 0 radical (unpaired) electrons. The fourth-order valence-corrected chi connectivity index (χ4v) is 1.38. The van der Waals surface area contributed by atoms with Crippen molar-refractivity contribution in [2.24, 2.45) is 0 Å². The Labute approximate surface area is 89.0 Å². The Morgan fingerprint density at radius 2 is 1.73 bits per heavy atom. The summed E-state index contributed by atoms with van der Waals surface area (Å²) >= 11 is 0. The van der Waals surface area contributed by atoms with Gasteiger partial charge < -0.3 is 21.3 Å². The third-order valence-electron chi connectivity index (χ3n) is 1.30. The van der Waals surface area contributed by atoms with Crippen molar-refractivity contribution in [3.05, 3.63) is 18.2 Å². The van der Waals surface area contributed by atoms with Crippen LogP contribution in [-0.4, -0.2) is 27.1 Å². The van der Waals surface area contributed by atoms with Crippen LogP contribution in [0.25, 0.3) is 0 Å². The lowest BCUT2D eigenvalue weighted by Gasteiger charge is -2.09. The van der Waals surface area contributed by atoms with Crippen LogP contribution >= 0.6 is 0 Å². The summed E-state index contributed by atoms with van der Waals surface area (Å²) in [6.07, 6.45) is 0. The maximum atomic E-state index is 10.5. The highest BCUT2D eigenvalue weighted by atomic mass is 32.2. The third kappa shape index (κ3) is 4.63. The maximum Gasteiger partial charge on any atom is 0.126 e. The van der Waals surface area contributed by atoms with Crippen LogP contribution in [0.4, 0.5) is 11.4 Å². The van der Waals surface area contributed by atoms with Gasteiger partial charge in [0.1, 0.15) is 10.1 Å². The van der Waals surface area contributed by atoms with Gasteiger partial charge in [0.25, 0.3) is 0 Å². The summed E-state index contributed by atoms with van der Waals surface area (Å²) in [5.41, 5.74) is 10.7. The smallest absolute Gasteiger partial charge is 0.126 e. The molecule has 0 saturated heterocycles. The molecule has 0 unspecified atom stereocenters. The van der Waals surface area contributed by atoms with Gasteiger partial charge in [-0.2, -0.15) is 0 Å². The summed E-state index contributed by atoms with van der Waals surface area (Å²) < 4.78 is 31.5. The van der Waals surface area contributed by atoms with E-state index in [1.54, 1.807) is 0 Å². The molecule has 0 aliphatic carbocycles. The quantitative estimate of drug-likeness (QED) is 0.404. The summed E-state index contributed by atoms with van der Waals surface area (Å²) in [6.45, 7) is 0. The minimum absolute atomic E-state index is 0.120. The SMILES string of the molecule is C[NH2+]C.Nc1ccc(S(=O)(=O)[O-])c(N)c1. The van der Waals surface area contributed by atoms with Gasteiger partial charge in [0.15, 0.2) is 0 Å². The number of hydrogen-bond acceptors (Lipinski definition) is 5. The zero-order valence-corrected chi connectivity index (χ0v) is 9.41. The molecule has 15 heavy (non-hydrogen) atoms. The average molecular weight is 233 g/mol. The predicted molar refractivity (Wildman–Crippen MR) is 57.0 cm³/mol. The van der Waals surface area contributed by atoms with E-state index in [9.17, 15) is 13.0 Å². The van der Waals surface area contributed by atoms with Gasteiger partial charge in [0.2, 0.25) is 0 Å². The van der Waals surface area contributed by atoms with E-state index in [4.69, 9.17) is 11.5 Å². The number of anilines is 2. The molecule has 1 aromatic carbocycles. The van der Waals surface area contributed by atoms with Crippen molar-refractivity contribution in [2.75, 3.05) is 25.6 Å². The molecule has 0 spiro atoms. The van der Waals surface area contributed by atoms with Crippen molar-refractivity contribution >= 4 is 21.5 Å². The van der Waals surface area contributed by atoms with Crippen molar-refractivity contribution < 1.29 is 18.3 Å². The fraction of sp³-hybridized carbons (Fsp3) is 0.250.